The van der Waals surface area contributed by atoms with E-state index in [-0.39, 0.29) is 53.8 Å². The average molecular weight is 257 g/mol. The number of β-lactam (4-membered cyclic amide) rings is 1. The Morgan fingerprint density at radius 1 is 1.39 bits per heavy atom. The predicted octanol–water partition coefficient (Wildman–Crippen LogP) is -1.35. The molecule has 0 aliphatic carbocycles. The number of nitrogens with one attached hydrogen (secondary N) is 2. The molecule has 1 aliphatic heterocycles. The molecule has 92 valence electrons. The van der Waals surface area contributed by atoms with Gasteiger partial charge >= 0.3 is 29.6 Å². The zero-order valence-electron chi connectivity index (χ0n) is 9.40. The first kappa shape index (κ1) is 15.2. The normalized spacial score (nSPS) is 17.2. The summed E-state index contributed by atoms with van der Waals surface area (Å²) in [5.41, 5.74) is 7.46. The Labute approximate surface area is 128 Å². The van der Waals surface area contributed by atoms with Gasteiger partial charge in [-0.2, -0.15) is 0 Å². The number of hydrogen-bond donors (Lipinski definition) is 3. The molecule has 18 heavy (non-hydrogen) atoms. The molecule has 2 rings (SSSR count). The van der Waals surface area contributed by atoms with Crippen LogP contribution in [0.5, 0.6) is 0 Å². The van der Waals surface area contributed by atoms with Crippen molar-refractivity contribution in [2.45, 2.75) is 19.0 Å². The Bertz CT molecular complexity index is 451. The molecule has 6 heteroatoms. The number of hydrogen-bond acceptors (Lipinski definition) is 3. The first-order chi connectivity index (χ1) is 8.20. The summed E-state index contributed by atoms with van der Waals surface area (Å²) in [4.78, 5) is 22.7. The first-order valence-electron chi connectivity index (χ1n) is 5.54. The molecule has 1 aromatic carbocycles. The van der Waals surface area contributed by atoms with E-state index in [4.69, 9.17) is 5.73 Å². The Morgan fingerprint density at radius 2 is 2.06 bits per heavy atom. The summed E-state index contributed by atoms with van der Waals surface area (Å²) < 4.78 is 0. The third-order valence-corrected chi connectivity index (χ3v) is 2.82. The van der Waals surface area contributed by atoms with Gasteiger partial charge in [-0.15, -0.1) is 0 Å². The summed E-state index contributed by atoms with van der Waals surface area (Å²) in [6.45, 7) is 0.927. The van der Waals surface area contributed by atoms with E-state index < -0.39 is 0 Å². The molecule has 0 saturated carbocycles. The molecule has 1 saturated heterocycles. The zero-order valence-corrected chi connectivity index (χ0v) is 9.40. The molecular weight excluding hydrogens is 241 g/mol. The van der Waals surface area contributed by atoms with E-state index in [1.807, 2.05) is 24.3 Å². The standard InChI is InChI=1S/C12H15N3O2.Na.H/c13-6-9-4-2-1-3-8(9)5-11(16)15-10-7-14-12(10)17;;/h1-4,10H,5-7,13H2,(H,14,17)(H,15,16);;. The Hall–Kier alpha value is -0.880. The summed E-state index contributed by atoms with van der Waals surface area (Å²) >= 11 is 0. The Morgan fingerprint density at radius 3 is 2.56 bits per heavy atom. The van der Waals surface area contributed by atoms with Gasteiger partial charge in [0.05, 0.1) is 6.42 Å². The molecule has 1 unspecified atom stereocenters. The van der Waals surface area contributed by atoms with Gasteiger partial charge in [-0.3, -0.25) is 9.59 Å². The minimum atomic E-state index is -0.368. The van der Waals surface area contributed by atoms with Crippen LogP contribution in [-0.2, 0) is 22.6 Å². The maximum atomic E-state index is 11.7. The van der Waals surface area contributed by atoms with Gasteiger partial charge in [0.2, 0.25) is 11.8 Å². The molecule has 0 radical (unpaired) electrons. The molecule has 0 spiro atoms. The van der Waals surface area contributed by atoms with Crippen molar-refractivity contribution in [3.8, 4) is 0 Å². The molecule has 4 N–H and O–H groups in total. The van der Waals surface area contributed by atoms with Crippen molar-refractivity contribution in [3.63, 3.8) is 0 Å². The van der Waals surface area contributed by atoms with Gasteiger partial charge < -0.3 is 16.4 Å². The van der Waals surface area contributed by atoms with Crippen LogP contribution in [0.4, 0.5) is 0 Å². The predicted molar refractivity (Wildman–Crippen MR) is 70.1 cm³/mol. The van der Waals surface area contributed by atoms with Gasteiger partial charge in [0.1, 0.15) is 6.04 Å². The van der Waals surface area contributed by atoms with Crippen molar-refractivity contribution in [1.82, 2.24) is 10.6 Å². The molecule has 1 fully saturated rings. The number of rotatable bonds is 4. The third kappa shape index (κ3) is 3.55. The van der Waals surface area contributed by atoms with Crippen molar-refractivity contribution in [3.05, 3.63) is 35.4 Å². The maximum absolute atomic E-state index is 11.7. The fraction of sp³-hybridized carbons (Fsp3) is 0.333. The van der Waals surface area contributed by atoms with Crippen LogP contribution >= 0.6 is 0 Å². The molecular formula is C12H16N3NaO2. The van der Waals surface area contributed by atoms with E-state index in [1.54, 1.807) is 0 Å². The zero-order chi connectivity index (χ0) is 12.3. The van der Waals surface area contributed by atoms with Gasteiger partial charge in [0.25, 0.3) is 0 Å². The van der Waals surface area contributed by atoms with Crippen LogP contribution in [0.2, 0.25) is 0 Å². The summed E-state index contributed by atoms with van der Waals surface area (Å²) in [5.74, 6) is -0.267. The van der Waals surface area contributed by atoms with Crippen LogP contribution in [0.3, 0.4) is 0 Å². The third-order valence-electron chi connectivity index (χ3n) is 2.82. The monoisotopic (exact) mass is 257 g/mol. The van der Waals surface area contributed by atoms with E-state index in [1.165, 1.54) is 0 Å². The topological polar surface area (TPSA) is 84.2 Å². The first-order valence-corrected chi connectivity index (χ1v) is 5.54. The molecule has 2 amide bonds. The van der Waals surface area contributed by atoms with Gasteiger partial charge in [0, 0.05) is 13.1 Å². The number of carbonyl (C=O) groups excluding carboxylic acids is 2. The van der Waals surface area contributed by atoms with Crippen molar-refractivity contribution in [1.29, 1.82) is 0 Å². The number of nitrogens with two attached hydrogens (primary N) is 1. The van der Waals surface area contributed by atoms with Crippen LogP contribution < -0.4 is 16.4 Å². The molecule has 1 aliphatic rings. The number of amides is 2. The SMILES string of the molecule is NCc1ccccc1CC(=O)NC1CNC1=O.[NaH]. The molecule has 0 bridgehead atoms. The molecule has 1 aromatic rings. The van der Waals surface area contributed by atoms with E-state index in [9.17, 15) is 9.59 Å². The quantitative estimate of drug-likeness (QED) is 0.461. The number of carbonyl (C=O) groups is 2. The second-order valence-electron chi connectivity index (χ2n) is 4.01. The number of benzene rings is 1. The van der Waals surface area contributed by atoms with E-state index >= 15 is 0 Å². The summed E-state index contributed by atoms with van der Waals surface area (Å²) in [6.07, 6.45) is 0.261. The van der Waals surface area contributed by atoms with Crippen molar-refractivity contribution >= 4 is 41.4 Å². The summed E-state index contributed by atoms with van der Waals surface area (Å²) in [6, 6.07) is 7.18. The second-order valence-corrected chi connectivity index (χ2v) is 4.01. The Kier molecular flexibility index (Phi) is 5.81. The fourth-order valence-electron chi connectivity index (χ4n) is 1.75. The van der Waals surface area contributed by atoms with E-state index in [2.05, 4.69) is 10.6 Å². The van der Waals surface area contributed by atoms with E-state index in [0.29, 0.717) is 13.1 Å². The van der Waals surface area contributed by atoms with Crippen molar-refractivity contribution in [2.24, 2.45) is 5.73 Å². The summed E-state index contributed by atoms with van der Waals surface area (Å²) in [5, 5.41) is 5.25. The van der Waals surface area contributed by atoms with Crippen LogP contribution in [0, 0.1) is 0 Å². The fourth-order valence-corrected chi connectivity index (χ4v) is 1.75. The van der Waals surface area contributed by atoms with Crippen LogP contribution in [0.1, 0.15) is 11.1 Å². The van der Waals surface area contributed by atoms with E-state index in [0.717, 1.165) is 11.1 Å². The Balaban J connectivity index is 0.00000162. The molecule has 1 atom stereocenters. The van der Waals surface area contributed by atoms with Crippen LogP contribution in [-0.4, -0.2) is 54.0 Å². The van der Waals surface area contributed by atoms with Gasteiger partial charge in [-0.1, -0.05) is 24.3 Å². The molecule has 0 aromatic heterocycles. The minimum absolute atomic E-state index is 0. The van der Waals surface area contributed by atoms with Crippen molar-refractivity contribution in [2.75, 3.05) is 6.54 Å². The van der Waals surface area contributed by atoms with Crippen molar-refractivity contribution < 1.29 is 9.59 Å². The second kappa shape index (κ2) is 6.89. The molecule has 1 heterocycles. The van der Waals surface area contributed by atoms with Gasteiger partial charge in [-0.25, -0.2) is 0 Å². The van der Waals surface area contributed by atoms with Crippen LogP contribution in [0.15, 0.2) is 24.3 Å². The van der Waals surface area contributed by atoms with Gasteiger partial charge in [0.15, 0.2) is 0 Å². The molecule has 5 nitrogen and oxygen atoms in total. The summed E-state index contributed by atoms with van der Waals surface area (Å²) in [7, 11) is 0. The average Bonchev–Trinajstić information content (AvgIpc) is 2.35. The van der Waals surface area contributed by atoms with Gasteiger partial charge in [-0.05, 0) is 11.1 Å². The van der Waals surface area contributed by atoms with Crippen LogP contribution in [0.25, 0.3) is 0 Å².